The van der Waals surface area contributed by atoms with Gasteiger partial charge in [-0.2, -0.15) is 11.8 Å². The van der Waals surface area contributed by atoms with Crippen molar-refractivity contribution in [2.24, 2.45) is 0 Å². The Bertz CT molecular complexity index is 256. The van der Waals surface area contributed by atoms with Crippen molar-refractivity contribution in [3.8, 4) is 0 Å². The van der Waals surface area contributed by atoms with E-state index in [1.807, 2.05) is 11.8 Å². The van der Waals surface area contributed by atoms with Crippen LogP contribution in [0.4, 0.5) is 0 Å². The smallest absolute Gasteiger partial charge is 0.326 e. The summed E-state index contributed by atoms with van der Waals surface area (Å²) in [5.74, 6) is 1.87. The topological polar surface area (TPSA) is 38.3 Å². The first kappa shape index (κ1) is 13.2. The molecule has 2 aliphatic rings. The standard InChI is InChI=1S/C13H23NO2S/c1-16-12(15)13(8-9-17-10-13)14-11-6-4-2-3-5-7-11/h11,14H,2-10H2,1H3. The molecule has 0 aromatic heterocycles. The lowest BCUT2D eigenvalue weighted by Gasteiger charge is -2.31. The minimum Gasteiger partial charge on any atom is -0.468 e. The molecule has 0 spiro atoms. The van der Waals surface area contributed by atoms with Gasteiger partial charge in [-0.15, -0.1) is 0 Å². The zero-order chi connectivity index (χ0) is 12.1. The molecule has 2 rings (SSSR count). The van der Waals surface area contributed by atoms with E-state index in [2.05, 4.69) is 5.32 Å². The Morgan fingerprint density at radius 2 is 2.00 bits per heavy atom. The van der Waals surface area contributed by atoms with Crippen molar-refractivity contribution >= 4 is 17.7 Å². The van der Waals surface area contributed by atoms with Gasteiger partial charge in [0.25, 0.3) is 0 Å². The molecule has 4 heteroatoms. The largest absolute Gasteiger partial charge is 0.468 e. The van der Waals surface area contributed by atoms with Crippen LogP contribution in [0.15, 0.2) is 0 Å². The minimum atomic E-state index is -0.394. The second-order valence-corrected chi connectivity index (χ2v) is 6.31. The van der Waals surface area contributed by atoms with Gasteiger partial charge in [-0.1, -0.05) is 25.7 Å². The average Bonchev–Trinajstić information content (AvgIpc) is 2.67. The molecule has 1 heterocycles. The van der Waals surface area contributed by atoms with Gasteiger partial charge < -0.3 is 4.74 Å². The van der Waals surface area contributed by atoms with Crippen molar-refractivity contribution in [3.05, 3.63) is 0 Å². The summed E-state index contributed by atoms with van der Waals surface area (Å²) >= 11 is 1.86. The summed E-state index contributed by atoms with van der Waals surface area (Å²) in [5.41, 5.74) is -0.394. The van der Waals surface area contributed by atoms with E-state index in [4.69, 9.17) is 4.74 Å². The first-order chi connectivity index (χ1) is 8.27. The fraction of sp³-hybridized carbons (Fsp3) is 0.923. The minimum absolute atomic E-state index is 0.0632. The van der Waals surface area contributed by atoms with Gasteiger partial charge in [-0.25, -0.2) is 0 Å². The Morgan fingerprint density at radius 3 is 2.53 bits per heavy atom. The lowest BCUT2D eigenvalue weighted by Crippen LogP contribution is -2.56. The molecule has 98 valence electrons. The Hall–Kier alpha value is -0.220. The van der Waals surface area contributed by atoms with Crippen LogP contribution in [0, 0.1) is 0 Å². The number of methoxy groups -OCH3 is 1. The van der Waals surface area contributed by atoms with Crippen LogP contribution in [-0.4, -0.2) is 36.2 Å². The first-order valence-electron chi connectivity index (χ1n) is 6.71. The van der Waals surface area contributed by atoms with E-state index in [1.165, 1.54) is 45.6 Å². The summed E-state index contributed by atoms with van der Waals surface area (Å²) in [5, 5.41) is 3.63. The lowest BCUT2D eigenvalue weighted by molar-refractivity contribution is -0.148. The molecule has 0 amide bonds. The van der Waals surface area contributed by atoms with Crippen molar-refractivity contribution in [1.82, 2.24) is 5.32 Å². The highest BCUT2D eigenvalue weighted by molar-refractivity contribution is 7.99. The normalized spacial score (nSPS) is 31.1. The maximum absolute atomic E-state index is 12.0. The second kappa shape index (κ2) is 6.10. The molecule has 2 fully saturated rings. The molecule has 1 saturated carbocycles. The van der Waals surface area contributed by atoms with E-state index >= 15 is 0 Å². The third-order valence-electron chi connectivity index (χ3n) is 3.93. The summed E-state index contributed by atoms with van der Waals surface area (Å²) in [6, 6.07) is 0.510. The van der Waals surface area contributed by atoms with Crippen molar-refractivity contribution in [2.75, 3.05) is 18.6 Å². The van der Waals surface area contributed by atoms with Crippen molar-refractivity contribution < 1.29 is 9.53 Å². The Morgan fingerprint density at radius 1 is 1.29 bits per heavy atom. The van der Waals surface area contributed by atoms with Gasteiger partial charge in [0.15, 0.2) is 0 Å². The predicted molar refractivity (Wildman–Crippen MR) is 71.3 cm³/mol. The number of ether oxygens (including phenoxy) is 1. The number of rotatable bonds is 3. The van der Waals surface area contributed by atoms with Gasteiger partial charge in [0.1, 0.15) is 5.54 Å². The number of carbonyl (C=O) groups is 1. The van der Waals surface area contributed by atoms with Crippen molar-refractivity contribution in [2.45, 2.75) is 56.5 Å². The summed E-state index contributed by atoms with van der Waals surface area (Å²) in [4.78, 5) is 12.0. The summed E-state index contributed by atoms with van der Waals surface area (Å²) in [6.45, 7) is 0. The Labute approximate surface area is 108 Å². The highest BCUT2D eigenvalue weighted by Crippen LogP contribution is 2.31. The van der Waals surface area contributed by atoms with Gasteiger partial charge in [0, 0.05) is 11.8 Å². The number of thioether (sulfide) groups is 1. The molecule has 0 bridgehead atoms. The number of esters is 1. The summed E-state index contributed by atoms with van der Waals surface area (Å²) in [6.07, 6.45) is 8.62. The monoisotopic (exact) mass is 257 g/mol. The molecule has 3 nitrogen and oxygen atoms in total. The van der Waals surface area contributed by atoms with Crippen molar-refractivity contribution in [3.63, 3.8) is 0 Å². The van der Waals surface area contributed by atoms with Crippen molar-refractivity contribution in [1.29, 1.82) is 0 Å². The molecule has 17 heavy (non-hydrogen) atoms. The van der Waals surface area contributed by atoms with Gasteiger partial charge in [-0.05, 0) is 25.0 Å². The van der Waals surface area contributed by atoms with Crippen LogP contribution in [0.2, 0.25) is 0 Å². The van der Waals surface area contributed by atoms with E-state index in [1.54, 1.807) is 0 Å². The van der Waals surface area contributed by atoms with Crippen LogP contribution >= 0.6 is 11.8 Å². The lowest BCUT2D eigenvalue weighted by atomic mass is 9.95. The molecule has 1 aliphatic heterocycles. The molecule has 0 aromatic carbocycles. The van der Waals surface area contributed by atoms with Gasteiger partial charge in [0.2, 0.25) is 0 Å². The van der Waals surface area contributed by atoms with E-state index in [9.17, 15) is 4.79 Å². The van der Waals surface area contributed by atoms with Gasteiger partial charge >= 0.3 is 5.97 Å². The van der Waals surface area contributed by atoms with E-state index in [0.29, 0.717) is 6.04 Å². The van der Waals surface area contributed by atoms with Crippen LogP contribution in [-0.2, 0) is 9.53 Å². The quantitative estimate of drug-likeness (QED) is 0.622. The molecular formula is C13H23NO2S. The van der Waals surface area contributed by atoms with Crippen LogP contribution in [0.5, 0.6) is 0 Å². The second-order valence-electron chi connectivity index (χ2n) is 5.21. The molecular weight excluding hydrogens is 234 g/mol. The fourth-order valence-electron chi connectivity index (χ4n) is 2.91. The van der Waals surface area contributed by atoms with E-state index < -0.39 is 5.54 Å². The highest BCUT2D eigenvalue weighted by atomic mass is 32.2. The SMILES string of the molecule is COC(=O)C1(NC2CCCCCC2)CCSC1. The maximum atomic E-state index is 12.0. The number of hydrogen-bond acceptors (Lipinski definition) is 4. The van der Waals surface area contributed by atoms with E-state index in [0.717, 1.165) is 17.9 Å². The average molecular weight is 257 g/mol. The highest BCUT2D eigenvalue weighted by Gasteiger charge is 2.43. The Balaban J connectivity index is 1.99. The van der Waals surface area contributed by atoms with Crippen LogP contribution in [0.3, 0.4) is 0 Å². The summed E-state index contributed by atoms with van der Waals surface area (Å²) < 4.78 is 5.00. The molecule has 1 aliphatic carbocycles. The zero-order valence-corrected chi connectivity index (χ0v) is 11.5. The number of nitrogens with one attached hydrogen (secondary N) is 1. The number of hydrogen-bond donors (Lipinski definition) is 1. The third kappa shape index (κ3) is 3.16. The van der Waals surface area contributed by atoms with Gasteiger partial charge in [-0.3, -0.25) is 10.1 Å². The van der Waals surface area contributed by atoms with Crippen LogP contribution < -0.4 is 5.32 Å². The third-order valence-corrected chi connectivity index (χ3v) is 5.12. The molecule has 0 radical (unpaired) electrons. The molecule has 1 N–H and O–H groups in total. The number of carbonyl (C=O) groups excluding carboxylic acids is 1. The summed E-state index contributed by atoms with van der Waals surface area (Å²) in [7, 11) is 1.50. The maximum Gasteiger partial charge on any atom is 0.326 e. The molecule has 1 atom stereocenters. The van der Waals surface area contributed by atoms with Crippen LogP contribution in [0.1, 0.15) is 44.9 Å². The predicted octanol–water partition coefficient (Wildman–Crippen LogP) is 2.35. The van der Waals surface area contributed by atoms with E-state index in [-0.39, 0.29) is 5.97 Å². The fourth-order valence-corrected chi connectivity index (χ4v) is 4.24. The molecule has 0 aromatic rings. The zero-order valence-electron chi connectivity index (χ0n) is 10.7. The first-order valence-corrected chi connectivity index (χ1v) is 7.86. The van der Waals surface area contributed by atoms with Gasteiger partial charge in [0.05, 0.1) is 7.11 Å². The van der Waals surface area contributed by atoms with Crippen LogP contribution in [0.25, 0.3) is 0 Å². The Kier molecular flexibility index (Phi) is 4.74. The molecule has 1 unspecified atom stereocenters. The molecule has 1 saturated heterocycles.